The Morgan fingerprint density at radius 1 is 1.24 bits per heavy atom. The number of cyclic esters (lactones) is 1. The van der Waals surface area contributed by atoms with E-state index in [2.05, 4.69) is 22.6 Å². The summed E-state index contributed by atoms with van der Waals surface area (Å²) in [4.78, 5) is 39.0. The van der Waals surface area contributed by atoms with E-state index in [1.54, 1.807) is 0 Å². The van der Waals surface area contributed by atoms with Gasteiger partial charge in [-0.15, -0.1) is 0 Å². The molecular weight excluding hydrogens is 361 g/mol. The van der Waals surface area contributed by atoms with Crippen LogP contribution in [0.2, 0.25) is 0 Å². The molecule has 1 aliphatic heterocycles. The van der Waals surface area contributed by atoms with Crippen LogP contribution in [0.5, 0.6) is 0 Å². The van der Waals surface area contributed by atoms with Gasteiger partial charge in [-0.1, -0.05) is 13.2 Å². The number of hydrogen-bond acceptors (Lipinski definition) is 6. The van der Waals surface area contributed by atoms with Gasteiger partial charge in [0.1, 0.15) is 13.2 Å². The summed E-state index contributed by atoms with van der Waals surface area (Å²) in [6.07, 6.45) is 2.28. The number of carboxylic acid groups (broad SMARTS) is 2. The van der Waals surface area contributed by atoms with Crippen molar-refractivity contribution in [2.75, 3.05) is 13.2 Å². The van der Waals surface area contributed by atoms with E-state index in [4.69, 9.17) is 10.2 Å². The van der Waals surface area contributed by atoms with Crippen molar-refractivity contribution in [2.45, 2.75) is 12.8 Å². The van der Waals surface area contributed by atoms with E-state index in [-0.39, 0.29) is 51.7 Å². The summed E-state index contributed by atoms with van der Waals surface area (Å²) in [5.41, 5.74) is 0. The average molecular weight is 377 g/mol. The zero-order valence-corrected chi connectivity index (χ0v) is 14.2. The van der Waals surface area contributed by atoms with Crippen LogP contribution in [0.3, 0.4) is 0 Å². The molecule has 0 aromatic heterocycles. The van der Waals surface area contributed by atoms with Gasteiger partial charge < -0.3 is 19.7 Å². The van der Waals surface area contributed by atoms with Crippen molar-refractivity contribution in [3.8, 4) is 0 Å². The summed E-state index contributed by atoms with van der Waals surface area (Å²) in [7, 11) is 0. The molecule has 0 unspecified atom stereocenters. The van der Waals surface area contributed by atoms with Gasteiger partial charge in [0.25, 0.3) is 0 Å². The Bertz CT molecular complexity index is 371. The van der Waals surface area contributed by atoms with E-state index in [1.807, 2.05) is 0 Å². The van der Waals surface area contributed by atoms with Gasteiger partial charge in [0, 0.05) is 44.9 Å². The maximum absolute atomic E-state index is 10.3. The van der Waals surface area contributed by atoms with Crippen LogP contribution in [0.4, 0.5) is 0 Å². The number of carboxylic acids is 2. The van der Waals surface area contributed by atoms with Gasteiger partial charge in [-0.05, 0) is 0 Å². The second kappa shape index (κ2) is 16.5. The first-order valence-corrected chi connectivity index (χ1v) is 5.35. The minimum Gasteiger partial charge on any atom is -0.481 e. The van der Waals surface area contributed by atoms with Gasteiger partial charge in [-0.25, -0.2) is 9.59 Å². The van der Waals surface area contributed by atoms with E-state index < -0.39 is 17.9 Å². The first kappa shape index (κ1) is 24.5. The predicted octanol–water partition coefficient (Wildman–Crippen LogP) is 0.378. The van der Waals surface area contributed by atoms with Crippen molar-refractivity contribution in [1.82, 2.24) is 0 Å². The number of ether oxygens (including phenoxy) is 2. The van der Waals surface area contributed by atoms with Crippen LogP contribution in [0, 0.1) is 0 Å². The van der Waals surface area contributed by atoms with E-state index in [0.717, 1.165) is 12.2 Å². The van der Waals surface area contributed by atoms with Gasteiger partial charge in [0.2, 0.25) is 0 Å². The van der Waals surface area contributed by atoms with E-state index in [1.165, 1.54) is 0 Å². The Balaban J connectivity index is -0.000000249. The van der Waals surface area contributed by atoms with Crippen LogP contribution in [0.15, 0.2) is 25.3 Å². The number of rotatable bonds is 5. The largest absolute Gasteiger partial charge is 0.481 e. The summed E-state index contributed by atoms with van der Waals surface area (Å²) in [6, 6.07) is 0. The molecular formula is C12H16O8Y. The molecule has 0 saturated carbocycles. The third kappa shape index (κ3) is 23.9. The number of aliphatic carboxylic acids is 2. The molecule has 1 rings (SSSR count). The van der Waals surface area contributed by atoms with Gasteiger partial charge in [0.05, 0.1) is 12.8 Å². The molecule has 21 heavy (non-hydrogen) atoms. The van der Waals surface area contributed by atoms with Crippen LogP contribution < -0.4 is 0 Å². The van der Waals surface area contributed by atoms with Crippen LogP contribution >= 0.6 is 0 Å². The molecule has 115 valence electrons. The Morgan fingerprint density at radius 2 is 1.67 bits per heavy atom. The number of esters is 2. The molecule has 1 aliphatic rings. The van der Waals surface area contributed by atoms with Crippen molar-refractivity contribution >= 4 is 23.9 Å². The maximum atomic E-state index is 10.3. The maximum Gasteiger partial charge on any atom is 0.330 e. The second-order valence-corrected chi connectivity index (χ2v) is 3.03. The smallest absolute Gasteiger partial charge is 0.330 e. The standard InChI is InChI=1S/C6H8O4.2C3H4O2.Y/c1-2-6(9)10-4-3-5(7)8;4-3-1-2-5-3;1-2-3(4)5;/h2H,1,3-4H2,(H,7,8);1-2H2;2H,1H2,(H,4,5);. The zero-order chi connectivity index (χ0) is 16.0. The SMILES string of the molecule is C=CC(=O)O.C=CC(=O)OCCC(=O)O.O=C1CCO1.[Y]. The summed E-state index contributed by atoms with van der Waals surface area (Å²) < 4.78 is 8.66. The molecule has 1 saturated heterocycles. The summed E-state index contributed by atoms with van der Waals surface area (Å²) in [6.45, 7) is 6.64. The third-order valence-electron chi connectivity index (χ3n) is 1.47. The third-order valence-corrected chi connectivity index (χ3v) is 1.47. The molecule has 0 amide bonds. The first-order chi connectivity index (χ1) is 9.33. The predicted molar refractivity (Wildman–Crippen MR) is 66.8 cm³/mol. The Kier molecular flexibility index (Phi) is 19.3. The topological polar surface area (TPSA) is 127 Å². The minimum absolute atomic E-state index is 0. The van der Waals surface area contributed by atoms with Gasteiger partial charge in [0.15, 0.2) is 0 Å². The molecule has 0 bridgehead atoms. The molecule has 0 aromatic rings. The van der Waals surface area contributed by atoms with Crippen molar-refractivity contribution in [1.29, 1.82) is 0 Å². The second-order valence-electron chi connectivity index (χ2n) is 3.03. The molecule has 2 N–H and O–H groups in total. The van der Waals surface area contributed by atoms with Crippen LogP contribution in [-0.2, 0) is 61.4 Å². The van der Waals surface area contributed by atoms with Gasteiger partial charge >= 0.3 is 23.9 Å². The monoisotopic (exact) mass is 377 g/mol. The van der Waals surface area contributed by atoms with Crippen LogP contribution in [0.1, 0.15) is 12.8 Å². The number of carbonyl (C=O) groups is 4. The zero-order valence-electron chi connectivity index (χ0n) is 11.3. The fraction of sp³-hybridized carbons (Fsp3) is 0.333. The first-order valence-electron chi connectivity index (χ1n) is 5.35. The molecule has 0 aromatic carbocycles. The van der Waals surface area contributed by atoms with Crippen molar-refractivity contribution in [2.24, 2.45) is 0 Å². The fourth-order valence-corrected chi connectivity index (χ4v) is 0.483. The van der Waals surface area contributed by atoms with Crippen molar-refractivity contribution < 1.29 is 71.6 Å². The molecule has 0 atom stereocenters. The van der Waals surface area contributed by atoms with Crippen molar-refractivity contribution in [3.05, 3.63) is 25.3 Å². The van der Waals surface area contributed by atoms with E-state index in [9.17, 15) is 19.2 Å². The molecule has 1 heterocycles. The molecule has 8 nitrogen and oxygen atoms in total. The van der Waals surface area contributed by atoms with Crippen LogP contribution in [-0.4, -0.2) is 47.3 Å². The van der Waals surface area contributed by atoms with E-state index >= 15 is 0 Å². The molecule has 1 fully saturated rings. The summed E-state index contributed by atoms with van der Waals surface area (Å²) in [5.74, 6) is -2.63. The molecule has 1 radical (unpaired) electrons. The number of carbonyl (C=O) groups excluding carboxylic acids is 2. The fourth-order valence-electron chi connectivity index (χ4n) is 0.483. The van der Waals surface area contributed by atoms with Crippen LogP contribution in [0.25, 0.3) is 0 Å². The quantitative estimate of drug-likeness (QED) is 0.520. The normalized spacial score (nSPS) is 10.4. The number of hydrogen-bond donors (Lipinski definition) is 2. The summed E-state index contributed by atoms with van der Waals surface area (Å²) >= 11 is 0. The van der Waals surface area contributed by atoms with Gasteiger partial charge in [-0.2, -0.15) is 0 Å². The van der Waals surface area contributed by atoms with Crippen molar-refractivity contribution in [3.63, 3.8) is 0 Å². The molecule has 0 spiro atoms. The molecule has 9 heteroatoms. The Labute approximate surface area is 146 Å². The average Bonchev–Trinajstić information content (AvgIpc) is 2.37. The van der Waals surface area contributed by atoms with Gasteiger partial charge in [-0.3, -0.25) is 9.59 Å². The summed E-state index contributed by atoms with van der Waals surface area (Å²) in [5, 5.41) is 15.7. The Hall–Kier alpha value is -1.54. The Morgan fingerprint density at radius 3 is 1.86 bits per heavy atom. The molecule has 0 aliphatic carbocycles. The van der Waals surface area contributed by atoms with E-state index in [0.29, 0.717) is 13.0 Å². The minimum atomic E-state index is -0.989.